The smallest absolute Gasteiger partial charge is 0.245 e. The summed E-state index contributed by atoms with van der Waals surface area (Å²) in [5, 5.41) is 15.1. The quantitative estimate of drug-likeness (QED) is 0.723. The molecule has 6 nitrogen and oxygen atoms in total. The molecule has 0 saturated carbocycles. The Kier molecular flexibility index (Phi) is 3.71. The summed E-state index contributed by atoms with van der Waals surface area (Å²) in [6, 6.07) is 0.538. The minimum Gasteiger partial charge on any atom is -0.335 e. The molecule has 1 fully saturated rings. The zero-order valence-electron chi connectivity index (χ0n) is 10.1. The predicted octanol–water partition coefficient (Wildman–Crippen LogP) is 0.178. The highest BCUT2D eigenvalue weighted by atomic mass is 15.6. The van der Waals surface area contributed by atoms with Crippen molar-refractivity contribution in [1.29, 1.82) is 0 Å². The van der Waals surface area contributed by atoms with Crippen molar-refractivity contribution in [3.05, 3.63) is 0 Å². The van der Waals surface area contributed by atoms with Crippen molar-refractivity contribution < 1.29 is 0 Å². The van der Waals surface area contributed by atoms with Gasteiger partial charge in [0.05, 0.1) is 0 Å². The molecule has 1 aromatic rings. The number of rotatable bonds is 5. The summed E-state index contributed by atoms with van der Waals surface area (Å²) in [6.07, 6.45) is 3.63. The summed E-state index contributed by atoms with van der Waals surface area (Å²) in [6.45, 7) is 5.36. The van der Waals surface area contributed by atoms with E-state index in [4.69, 9.17) is 0 Å². The molecule has 0 amide bonds. The lowest BCUT2D eigenvalue weighted by atomic mass is 10.2. The topological polar surface area (TPSA) is 58.9 Å². The third-order valence-corrected chi connectivity index (χ3v) is 3.04. The molecule has 0 aromatic carbocycles. The Hall–Kier alpha value is -1.17. The molecule has 1 aliphatic rings. The molecule has 1 N–H and O–H groups in total. The van der Waals surface area contributed by atoms with Gasteiger partial charge in [0.2, 0.25) is 5.95 Å². The van der Waals surface area contributed by atoms with E-state index in [0.717, 1.165) is 25.6 Å². The summed E-state index contributed by atoms with van der Waals surface area (Å²) < 4.78 is 1.75. The van der Waals surface area contributed by atoms with E-state index in [0.29, 0.717) is 6.04 Å². The van der Waals surface area contributed by atoms with Gasteiger partial charge in [0, 0.05) is 26.2 Å². The Morgan fingerprint density at radius 2 is 2.38 bits per heavy atom. The van der Waals surface area contributed by atoms with E-state index in [2.05, 4.69) is 32.7 Å². The molecule has 1 aromatic heterocycles. The predicted molar refractivity (Wildman–Crippen MR) is 62.3 cm³/mol. The zero-order chi connectivity index (χ0) is 11.4. The molecule has 0 spiro atoms. The van der Waals surface area contributed by atoms with Gasteiger partial charge in [-0.15, -0.1) is 0 Å². The van der Waals surface area contributed by atoms with Crippen molar-refractivity contribution >= 4 is 5.95 Å². The summed E-state index contributed by atoms with van der Waals surface area (Å²) >= 11 is 0. The fourth-order valence-corrected chi connectivity index (χ4v) is 2.22. The van der Waals surface area contributed by atoms with Crippen molar-refractivity contribution in [3.8, 4) is 0 Å². The highest BCUT2D eigenvalue weighted by Gasteiger charge is 2.27. The van der Waals surface area contributed by atoms with Gasteiger partial charge in [0.25, 0.3) is 0 Å². The molecule has 0 radical (unpaired) electrons. The number of hydrogen-bond donors (Lipinski definition) is 1. The van der Waals surface area contributed by atoms with Gasteiger partial charge in [-0.1, -0.05) is 12.0 Å². The number of hydrogen-bond acceptors (Lipinski definition) is 5. The van der Waals surface area contributed by atoms with Crippen molar-refractivity contribution in [2.45, 2.75) is 32.2 Å². The molecule has 0 bridgehead atoms. The van der Waals surface area contributed by atoms with Gasteiger partial charge in [-0.05, 0) is 36.2 Å². The number of tetrazole rings is 1. The zero-order valence-corrected chi connectivity index (χ0v) is 10.1. The first-order valence-electron chi connectivity index (χ1n) is 6.02. The van der Waals surface area contributed by atoms with Crippen LogP contribution >= 0.6 is 0 Å². The van der Waals surface area contributed by atoms with E-state index in [1.165, 1.54) is 19.3 Å². The average Bonchev–Trinajstić information content (AvgIpc) is 2.87. The maximum absolute atomic E-state index is 4.08. The van der Waals surface area contributed by atoms with E-state index in [1.54, 1.807) is 4.68 Å². The average molecular weight is 224 g/mol. The fraction of sp³-hybridized carbons (Fsp3) is 0.900. The molecule has 0 aliphatic carbocycles. The molecule has 1 unspecified atom stereocenters. The van der Waals surface area contributed by atoms with Crippen molar-refractivity contribution in [2.75, 3.05) is 24.5 Å². The Labute approximate surface area is 96.0 Å². The van der Waals surface area contributed by atoms with Gasteiger partial charge in [-0.2, -0.15) is 0 Å². The minimum absolute atomic E-state index is 0.538. The van der Waals surface area contributed by atoms with E-state index in [-0.39, 0.29) is 0 Å². The summed E-state index contributed by atoms with van der Waals surface area (Å²) in [7, 11) is 1.89. The lowest BCUT2D eigenvalue weighted by molar-refractivity contribution is 0.558. The van der Waals surface area contributed by atoms with Gasteiger partial charge >= 0.3 is 0 Å². The van der Waals surface area contributed by atoms with Gasteiger partial charge < -0.3 is 10.2 Å². The van der Waals surface area contributed by atoms with Gasteiger partial charge in [0.1, 0.15) is 0 Å². The van der Waals surface area contributed by atoms with Crippen LogP contribution < -0.4 is 10.2 Å². The lowest BCUT2D eigenvalue weighted by Gasteiger charge is -2.24. The number of nitrogens with one attached hydrogen (secondary N) is 1. The first kappa shape index (κ1) is 11.3. The van der Waals surface area contributed by atoms with Crippen LogP contribution in [0.15, 0.2) is 0 Å². The number of aromatic nitrogens is 4. The molecule has 1 atom stereocenters. The molecular weight excluding hydrogens is 204 g/mol. The molecule has 1 saturated heterocycles. The van der Waals surface area contributed by atoms with E-state index >= 15 is 0 Å². The first-order chi connectivity index (χ1) is 7.83. The van der Waals surface area contributed by atoms with Crippen LogP contribution in [-0.4, -0.2) is 45.9 Å². The third kappa shape index (κ3) is 2.32. The van der Waals surface area contributed by atoms with E-state index in [9.17, 15) is 0 Å². The van der Waals surface area contributed by atoms with Crippen LogP contribution in [0.25, 0.3) is 0 Å². The second-order valence-electron chi connectivity index (χ2n) is 4.30. The van der Waals surface area contributed by atoms with Crippen LogP contribution in [-0.2, 0) is 7.05 Å². The minimum atomic E-state index is 0.538. The van der Waals surface area contributed by atoms with Crippen LogP contribution in [0.4, 0.5) is 5.95 Å². The number of aryl methyl sites for hydroxylation is 1. The van der Waals surface area contributed by atoms with Crippen LogP contribution in [0.5, 0.6) is 0 Å². The molecule has 2 rings (SSSR count). The third-order valence-electron chi connectivity index (χ3n) is 3.04. The summed E-state index contributed by atoms with van der Waals surface area (Å²) in [5.41, 5.74) is 0. The molecule has 2 heterocycles. The van der Waals surface area contributed by atoms with Crippen LogP contribution in [0, 0.1) is 0 Å². The monoisotopic (exact) mass is 224 g/mol. The van der Waals surface area contributed by atoms with Crippen LogP contribution in [0.2, 0.25) is 0 Å². The molecule has 1 aliphatic heterocycles. The van der Waals surface area contributed by atoms with Crippen LogP contribution in [0.1, 0.15) is 26.2 Å². The molecular formula is C10H20N6. The molecule has 6 heteroatoms. The van der Waals surface area contributed by atoms with Gasteiger partial charge in [-0.3, -0.25) is 0 Å². The van der Waals surface area contributed by atoms with Crippen molar-refractivity contribution in [2.24, 2.45) is 7.05 Å². The highest BCUT2D eigenvalue weighted by Crippen LogP contribution is 2.21. The Morgan fingerprint density at radius 1 is 1.50 bits per heavy atom. The van der Waals surface area contributed by atoms with E-state index in [1.807, 2.05) is 7.05 Å². The lowest BCUT2D eigenvalue weighted by Crippen LogP contribution is -2.39. The van der Waals surface area contributed by atoms with Crippen molar-refractivity contribution in [3.63, 3.8) is 0 Å². The van der Waals surface area contributed by atoms with Crippen molar-refractivity contribution in [1.82, 2.24) is 25.5 Å². The van der Waals surface area contributed by atoms with Gasteiger partial charge in [0.15, 0.2) is 0 Å². The van der Waals surface area contributed by atoms with Gasteiger partial charge in [-0.25, -0.2) is 4.68 Å². The standard InChI is InChI=1S/C10H20N6/c1-3-6-11-8-9-5-4-7-16(9)10-12-13-14-15(10)2/h9,11H,3-8H2,1-2H3. The summed E-state index contributed by atoms with van der Waals surface area (Å²) in [5.74, 6) is 0.890. The Balaban J connectivity index is 1.95. The first-order valence-corrected chi connectivity index (χ1v) is 6.02. The molecule has 16 heavy (non-hydrogen) atoms. The maximum atomic E-state index is 4.08. The second kappa shape index (κ2) is 5.25. The largest absolute Gasteiger partial charge is 0.335 e. The fourth-order valence-electron chi connectivity index (χ4n) is 2.22. The second-order valence-corrected chi connectivity index (χ2v) is 4.30. The highest BCUT2D eigenvalue weighted by molar-refractivity contribution is 5.32. The maximum Gasteiger partial charge on any atom is 0.245 e. The SMILES string of the molecule is CCCNCC1CCCN1c1nnnn1C. The summed E-state index contributed by atoms with van der Waals surface area (Å²) in [4.78, 5) is 2.31. The van der Waals surface area contributed by atoms with Crippen LogP contribution in [0.3, 0.4) is 0 Å². The Morgan fingerprint density at radius 3 is 3.06 bits per heavy atom. The Bertz CT molecular complexity index is 323. The number of nitrogens with zero attached hydrogens (tertiary/aromatic N) is 5. The molecule has 90 valence electrons. The van der Waals surface area contributed by atoms with E-state index < -0.39 is 0 Å². The number of anilines is 1. The normalized spacial score (nSPS) is 20.6.